The van der Waals surface area contributed by atoms with Crippen molar-refractivity contribution in [1.29, 1.82) is 0 Å². The first-order chi connectivity index (χ1) is 16.8. The van der Waals surface area contributed by atoms with Gasteiger partial charge in [0.05, 0.1) is 5.38 Å². The molecule has 17 heteroatoms. The largest absolute Gasteiger partial charge is 0.490 e. The van der Waals surface area contributed by atoms with E-state index >= 15 is 0 Å². The molecular weight excluding hydrogens is 511 g/mol. The minimum atomic E-state index is -5.08. The Morgan fingerprint density at radius 3 is 2.47 bits per heavy atom. The molecule has 8 atom stereocenters. The lowest BCUT2D eigenvalue weighted by Gasteiger charge is -2.51. The number of aliphatic hydroxyl groups excluding tert-OH is 1. The Labute approximate surface area is 206 Å². The van der Waals surface area contributed by atoms with Crippen LogP contribution in [0, 0.1) is 17.8 Å². The van der Waals surface area contributed by atoms with Crippen molar-refractivity contribution in [3.63, 3.8) is 0 Å². The summed E-state index contributed by atoms with van der Waals surface area (Å²) in [6, 6.07) is 3.58. The number of carbonyl (C=O) groups is 2. The molecule has 1 saturated heterocycles. The van der Waals surface area contributed by atoms with Gasteiger partial charge in [-0.1, -0.05) is 0 Å². The average Bonchev–Trinajstić information content (AvgIpc) is 3.55. The van der Waals surface area contributed by atoms with Crippen molar-refractivity contribution in [3.05, 3.63) is 24.0 Å². The van der Waals surface area contributed by atoms with Crippen molar-refractivity contribution < 1.29 is 33.0 Å². The number of aromatic nitrogens is 1. The first-order valence-electron chi connectivity index (χ1n) is 10.8. The van der Waals surface area contributed by atoms with E-state index in [0.29, 0.717) is 18.8 Å². The summed E-state index contributed by atoms with van der Waals surface area (Å²) in [5.41, 5.74) is 16.6. The summed E-state index contributed by atoms with van der Waals surface area (Å²) >= 11 is 6.94. The van der Waals surface area contributed by atoms with E-state index in [0.717, 1.165) is 0 Å². The van der Waals surface area contributed by atoms with Crippen LogP contribution in [0.1, 0.15) is 16.7 Å². The van der Waals surface area contributed by atoms with E-state index < -0.39 is 41.1 Å². The third-order valence-electron chi connectivity index (χ3n) is 7.68. The number of hydrogen-bond acceptors (Lipinski definition) is 10. The number of carboxylic acids is 1. The number of aliphatic carboxylic acids is 1. The van der Waals surface area contributed by atoms with Crippen LogP contribution < -0.4 is 27.8 Å². The summed E-state index contributed by atoms with van der Waals surface area (Å²) in [5, 5.41) is 24.0. The van der Waals surface area contributed by atoms with Gasteiger partial charge >= 0.3 is 12.1 Å². The summed E-state index contributed by atoms with van der Waals surface area (Å²) in [4.78, 5) is 32.9. The fraction of sp³-hybridized carbons (Fsp3) is 0.579. The van der Waals surface area contributed by atoms with Gasteiger partial charge in [-0.25, -0.2) is 14.8 Å². The van der Waals surface area contributed by atoms with E-state index in [1.165, 1.54) is 0 Å². The van der Waals surface area contributed by atoms with E-state index in [-0.39, 0.29) is 35.6 Å². The standard InChI is InChI=1S/C17H22ClN9O2.C2HF3O2/c18-10-6(4-19)7-5-27-11(28)8-2-1-3-26(8)12-17(27,25-14(20)22-12)9(7)16(10)13(29)23-15(21)24-16;3-2(4,5)1(6)7/h1-3,6-7,9-10,12-13,29H,4-5,19H2,(H3,20,22,25)(H3,21,23,24);(H,6,7)/t6-,7-,9+,10+,12+,13+,16+,17-;/m1./s1. The second-order valence-corrected chi connectivity index (χ2v) is 9.72. The normalized spacial score (nSPS) is 39.7. The highest BCUT2D eigenvalue weighted by Crippen LogP contribution is 2.63. The van der Waals surface area contributed by atoms with Crippen LogP contribution >= 0.6 is 11.6 Å². The Bertz CT molecular complexity index is 1190. The lowest BCUT2D eigenvalue weighted by Crippen LogP contribution is -2.74. The smallest absolute Gasteiger partial charge is 0.475 e. The van der Waals surface area contributed by atoms with Gasteiger partial charge in [-0.2, -0.15) is 13.2 Å². The van der Waals surface area contributed by atoms with Crippen LogP contribution in [0.4, 0.5) is 13.2 Å². The number of halogens is 4. The van der Waals surface area contributed by atoms with E-state index in [1.54, 1.807) is 11.0 Å². The Morgan fingerprint density at radius 2 is 1.92 bits per heavy atom. The van der Waals surface area contributed by atoms with Crippen LogP contribution in [0.15, 0.2) is 28.3 Å². The topological polar surface area (TPSA) is 210 Å². The van der Waals surface area contributed by atoms with Gasteiger partial charge in [0.1, 0.15) is 11.2 Å². The Hall–Kier alpha value is -3.24. The molecule has 0 aromatic carbocycles. The molecule has 2 spiro atoms. The molecule has 0 bridgehead atoms. The third kappa shape index (κ3) is 2.91. The number of nitrogens with one attached hydrogen (secondary N) is 2. The zero-order valence-electron chi connectivity index (χ0n) is 18.4. The number of alkyl halides is 4. The lowest BCUT2D eigenvalue weighted by molar-refractivity contribution is -0.192. The lowest BCUT2D eigenvalue weighted by atomic mass is 9.73. The number of amides is 1. The third-order valence-corrected chi connectivity index (χ3v) is 8.36. The van der Waals surface area contributed by atoms with E-state index in [1.807, 2.05) is 16.8 Å². The molecule has 0 radical (unpaired) electrons. The second-order valence-electron chi connectivity index (χ2n) is 9.25. The van der Waals surface area contributed by atoms with E-state index in [9.17, 15) is 23.1 Å². The SMILES string of the molecule is NC[C@@H]1[C@H]2CN3C(=O)c4cccn4[C@@H]4N=C(N)N[C@@]43[C@@H]2[C@]2(NC(N)=N[C@H]2O)[C@H]1Cl.O=C(O)C(F)(F)F. The molecule has 0 unspecified atom stereocenters. The molecule has 1 saturated carbocycles. The maximum atomic E-state index is 13.4. The summed E-state index contributed by atoms with van der Waals surface area (Å²) < 4.78 is 33.6. The summed E-state index contributed by atoms with van der Waals surface area (Å²) in [6.07, 6.45) is -4.96. The van der Waals surface area contributed by atoms with E-state index in [2.05, 4.69) is 20.6 Å². The number of carbonyl (C=O) groups excluding carboxylic acids is 1. The van der Waals surface area contributed by atoms with Gasteiger partial charge in [0.15, 0.2) is 30.0 Å². The number of guanidine groups is 2. The zero-order valence-corrected chi connectivity index (χ0v) is 19.1. The molecule has 5 heterocycles. The number of aliphatic hydroxyl groups is 1. The molecule has 6 rings (SSSR count). The number of nitrogens with two attached hydrogens (primary N) is 3. The molecule has 2 fully saturated rings. The summed E-state index contributed by atoms with van der Waals surface area (Å²) in [6.45, 7) is 0.721. The minimum Gasteiger partial charge on any atom is -0.475 e. The quantitative estimate of drug-likeness (QED) is 0.201. The summed E-state index contributed by atoms with van der Waals surface area (Å²) in [5.74, 6) is -3.20. The average molecular weight is 534 g/mol. The highest BCUT2D eigenvalue weighted by atomic mass is 35.5. The summed E-state index contributed by atoms with van der Waals surface area (Å²) in [7, 11) is 0. The maximum Gasteiger partial charge on any atom is 0.490 e. The maximum absolute atomic E-state index is 13.4. The van der Waals surface area contributed by atoms with Crippen molar-refractivity contribution >= 4 is 35.4 Å². The number of nitrogens with zero attached hydrogens (tertiary/aromatic N) is 4. The molecule has 10 N–H and O–H groups in total. The predicted molar refractivity (Wildman–Crippen MR) is 118 cm³/mol. The van der Waals surface area contributed by atoms with Crippen LogP contribution in [-0.2, 0) is 4.79 Å². The van der Waals surface area contributed by atoms with Crippen molar-refractivity contribution in [3.8, 4) is 0 Å². The molecule has 1 amide bonds. The molecular formula is C19H23ClF3N9O4. The van der Waals surface area contributed by atoms with Crippen LogP contribution in [0.25, 0.3) is 0 Å². The fourth-order valence-electron chi connectivity index (χ4n) is 6.54. The zero-order chi connectivity index (χ0) is 26.4. The van der Waals surface area contributed by atoms with Gasteiger partial charge in [-0.05, 0) is 30.5 Å². The van der Waals surface area contributed by atoms with Gasteiger partial charge in [-0.3, -0.25) is 4.79 Å². The molecule has 4 aliphatic heterocycles. The Balaban J connectivity index is 0.000000338. The molecule has 1 aliphatic carbocycles. The molecule has 13 nitrogen and oxygen atoms in total. The number of aliphatic imine (C=N–C) groups is 2. The highest BCUT2D eigenvalue weighted by Gasteiger charge is 2.79. The van der Waals surface area contributed by atoms with Gasteiger partial charge in [0.25, 0.3) is 5.91 Å². The number of fused-ring (bicyclic) bond motifs is 4. The molecule has 36 heavy (non-hydrogen) atoms. The Kier molecular flexibility index (Phi) is 5.18. The number of rotatable bonds is 1. The van der Waals surface area contributed by atoms with Gasteiger partial charge in [0, 0.05) is 18.7 Å². The minimum absolute atomic E-state index is 0.101. The monoisotopic (exact) mass is 533 g/mol. The van der Waals surface area contributed by atoms with Gasteiger partial charge in [0.2, 0.25) is 0 Å². The van der Waals surface area contributed by atoms with Crippen LogP contribution in [0.5, 0.6) is 0 Å². The number of hydrogen-bond donors (Lipinski definition) is 7. The predicted octanol–water partition coefficient (Wildman–Crippen LogP) is -1.89. The fourth-order valence-corrected chi connectivity index (χ4v) is 7.13. The van der Waals surface area contributed by atoms with Crippen molar-refractivity contribution in [2.45, 2.75) is 35.1 Å². The highest BCUT2D eigenvalue weighted by molar-refractivity contribution is 6.22. The van der Waals surface area contributed by atoms with Crippen LogP contribution in [0.3, 0.4) is 0 Å². The van der Waals surface area contributed by atoms with Crippen molar-refractivity contribution in [2.24, 2.45) is 44.9 Å². The van der Waals surface area contributed by atoms with E-state index in [4.69, 9.17) is 38.7 Å². The van der Waals surface area contributed by atoms with Crippen LogP contribution in [0.2, 0.25) is 0 Å². The number of carboxylic acid groups (broad SMARTS) is 1. The molecule has 1 aromatic heterocycles. The van der Waals surface area contributed by atoms with Crippen molar-refractivity contribution in [1.82, 2.24) is 20.1 Å². The van der Waals surface area contributed by atoms with Gasteiger partial charge in [-0.15, -0.1) is 11.6 Å². The Morgan fingerprint density at radius 1 is 1.28 bits per heavy atom. The molecule has 1 aromatic rings. The molecule has 5 aliphatic rings. The second kappa shape index (κ2) is 7.63. The van der Waals surface area contributed by atoms with Crippen molar-refractivity contribution in [2.75, 3.05) is 13.1 Å². The first kappa shape index (κ1) is 24.5. The van der Waals surface area contributed by atoms with Gasteiger partial charge < -0.3 is 47.5 Å². The first-order valence-corrected chi connectivity index (χ1v) is 11.3. The van der Waals surface area contributed by atoms with Crippen LogP contribution in [-0.4, -0.2) is 85.5 Å². The molecule has 196 valence electrons.